The minimum Gasteiger partial charge on any atom is -0.379 e. The summed E-state index contributed by atoms with van der Waals surface area (Å²) >= 11 is 0. The first-order valence-corrected chi connectivity index (χ1v) is 18.2. The highest BCUT2D eigenvalue weighted by Crippen LogP contribution is 2.37. The second kappa shape index (κ2) is 20.8. The third kappa shape index (κ3) is 13.3. The zero-order valence-electron chi connectivity index (χ0n) is 28.8. The van der Waals surface area contributed by atoms with Crippen molar-refractivity contribution in [1.29, 1.82) is 0 Å². The lowest BCUT2D eigenvalue weighted by molar-refractivity contribution is -0.140. The highest BCUT2D eigenvalue weighted by molar-refractivity contribution is 6.04. The van der Waals surface area contributed by atoms with Gasteiger partial charge in [-0.05, 0) is 55.7 Å². The summed E-state index contributed by atoms with van der Waals surface area (Å²) in [6, 6.07) is 7.37. The molecule has 4 rings (SSSR count). The number of Topliss-reactive ketones (excluding diaryl/α,β-unsaturated/α-hetero) is 1. The van der Waals surface area contributed by atoms with Crippen molar-refractivity contribution in [3.63, 3.8) is 0 Å². The number of carbonyl (C=O) groups excluding carboxylic acids is 6. The van der Waals surface area contributed by atoms with E-state index in [1.807, 2.05) is 12.1 Å². The molecule has 3 fully saturated rings. The number of aryl methyl sites for hydroxylation is 1. The van der Waals surface area contributed by atoms with Crippen molar-refractivity contribution in [2.24, 2.45) is 17.8 Å². The third-order valence-electron chi connectivity index (χ3n) is 9.86. The first-order valence-electron chi connectivity index (χ1n) is 18.2. The Labute approximate surface area is 289 Å². The molecular formula is C37H54N4O8. The topological polar surface area (TPSA) is 160 Å². The minimum atomic E-state index is -0.233. The molecule has 2 aliphatic carbocycles. The van der Waals surface area contributed by atoms with Crippen LogP contribution in [0, 0.1) is 17.8 Å². The van der Waals surface area contributed by atoms with Gasteiger partial charge in [-0.1, -0.05) is 44.2 Å². The largest absolute Gasteiger partial charge is 0.379 e. The number of nitrogens with zero attached hydrogens (tertiary/aromatic N) is 1. The van der Waals surface area contributed by atoms with Crippen LogP contribution in [0.4, 0.5) is 5.69 Å². The molecule has 0 radical (unpaired) electrons. The SMILES string of the molecule is O=C(CCc1ccc(NC(=O)CCOCCOCCNC(=O)CCN2C(=O)CC(C3CCCC3)C2=O)cc1)NCCC(=O)C1CCCCC1. The van der Waals surface area contributed by atoms with E-state index in [1.54, 1.807) is 12.1 Å². The molecule has 49 heavy (non-hydrogen) atoms. The van der Waals surface area contributed by atoms with Gasteiger partial charge in [-0.15, -0.1) is 0 Å². The molecule has 0 bridgehead atoms. The number of rotatable bonds is 21. The summed E-state index contributed by atoms with van der Waals surface area (Å²) in [6.45, 7) is 1.97. The number of ketones is 1. The van der Waals surface area contributed by atoms with Gasteiger partial charge >= 0.3 is 0 Å². The summed E-state index contributed by atoms with van der Waals surface area (Å²) in [6.07, 6.45) is 11.5. The molecule has 1 saturated heterocycles. The zero-order chi connectivity index (χ0) is 34.8. The molecule has 1 heterocycles. The van der Waals surface area contributed by atoms with Gasteiger partial charge in [0.05, 0.1) is 38.8 Å². The first-order chi connectivity index (χ1) is 23.8. The molecule has 0 spiro atoms. The number of benzene rings is 1. The maximum atomic E-state index is 12.7. The van der Waals surface area contributed by atoms with Crippen LogP contribution >= 0.6 is 0 Å². The monoisotopic (exact) mass is 682 g/mol. The summed E-state index contributed by atoms with van der Waals surface area (Å²) in [4.78, 5) is 75.2. The van der Waals surface area contributed by atoms with Gasteiger partial charge in [-0.2, -0.15) is 0 Å². The van der Waals surface area contributed by atoms with Gasteiger partial charge in [0.2, 0.25) is 29.5 Å². The summed E-state index contributed by atoms with van der Waals surface area (Å²) < 4.78 is 10.9. The molecule has 1 aromatic rings. The van der Waals surface area contributed by atoms with Crippen LogP contribution in [-0.2, 0) is 44.7 Å². The summed E-state index contributed by atoms with van der Waals surface area (Å²) in [5.41, 5.74) is 1.65. The van der Waals surface area contributed by atoms with Gasteiger partial charge in [-0.25, -0.2) is 0 Å². The molecule has 1 aromatic carbocycles. The van der Waals surface area contributed by atoms with E-state index in [-0.39, 0.29) is 79.6 Å². The number of amides is 5. The van der Waals surface area contributed by atoms with Crippen LogP contribution in [0.1, 0.15) is 95.5 Å². The average Bonchev–Trinajstić information content (AvgIpc) is 3.74. The summed E-state index contributed by atoms with van der Waals surface area (Å²) in [5.74, 6) is -0.230. The molecule has 12 nitrogen and oxygen atoms in total. The fourth-order valence-electron chi connectivity index (χ4n) is 7.00. The van der Waals surface area contributed by atoms with Gasteiger partial charge < -0.3 is 25.4 Å². The minimum absolute atomic E-state index is 0.0690. The second-order valence-corrected chi connectivity index (χ2v) is 13.5. The van der Waals surface area contributed by atoms with Crippen LogP contribution in [0.25, 0.3) is 0 Å². The van der Waals surface area contributed by atoms with Crippen molar-refractivity contribution in [1.82, 2.24) is 15.5 Å². The van der Waals surface area contributed by atoms with Crippen LogP contribution in [-0.4, -0.2) is 86.3 Å². The predicted molar refractivity (Wildman–Crippen MR) is 183 cm³/mol. The van der Waals surface area contributed by atoms with Crippen molar-refractivity contribution in [2.45, 2.75) is 96.3 Å². The van der Waals surface area contributed by atoms with E-state index >= 15 is 0 Å². The van der Waals surface area contributed by atoms with Crippen LogP contribution in [0.3, 0.4) is 0 Å². The van der Waals surface area contributed by atoms with E-state index in [0.29, 0.717) is 63.8 Å². The molecule has 1 atom stereocenters. The number of nitrogens with one attached hydrogen (secondary N) is 3. The molecule has 270 valence electrons. The van der Waals surface area contributed by atoms with Gasteiger partial charge in [0.15, 0.2) is 0 Å². The lowest BCUT2D eigenvalue weighted by Crippen LogP contribution is -2.36. The molecule has 5 amide bonds. The number of hydrogen-bond donors (Lipinski definition) is 3. The Hall–Kier alpha value is -3.64. The Balaban J connectivity index is 0.951. The fourth-order valence-corrected chi connectivity index (χ4v) is 7.00. The number of carbonyl (C=O) groups is 6. The molecule has 2 saturated carbocycles. The van der Waals surface area contributed by atoms with Crippen molar-refractivity contribution in [3.8, 4) is 0 Å². The second-order valence-electron chi connectivity index (χ2n) is 13.5. The van der Waals surface area contributed by atoms with Crippen LogP contribution in [0.15, 0.2) is 24.3 Å². The van der Waals surface area contributed by atoms with Crippen LogP contribution < -0.4 is 16.0 Å². The van der Waals surface area contributed by atoms with Gasteiger partial charge in [0.1, 0.15) is 5.78 Å². The normalized spacial score (nSPS) is 18.5. The number of likely N-dealkylation sites (tertiary alicyclic amines) is 1. The molecule has 12 heteroatoms. The number of anilines is 1. The number of ether oxygens (including phenoxy) is 2. The van der Waals surface area contributed by atoms with Crippen molar-refractivity contribution in [3.05, 3.63) is 29.8 Å². The standard InChI is InChI=1S/C37H54N4O8/c42-32(29-8-2-1-3-9-29)16-19-38-33(43)15-12-27-10-13-30(14-11-27)40-35(45)18-22-48-24-25-49-23-20-39-34(44)17-21-41-36(46)26-31(37(41)47)28-6-4-5-7-28/h10-11,13-14,28-29,31H,1-9,12,15-26H2,(H,38,43)(H,39,44)(H,40,45). The molecule has 3 aliphatic rings. The van der Waals surface area contributed by atoms with Crippen molar-refractivity contribution in [2.75, 3.05) is 51.4 Å². The highest BCUT2D eigenvalue weighted by Gasteiger charge is 2.43. The van der Waals surface area contributed by atoms with E-state index in [9.17, 15) is 28.8 Å². The van der Waals surface area contributed by atoms with Crippen molar-refractivity contribution < 1.29 is 38.2 Å². The van der Waals surface area contributed by atoms with E-state index < -0.39 is 0 Å². The van der Waals surface area contributed by atoms with Gasteiger partial charge in [0.25, 0.3) is 0 Å². The Morgan fingerprint density at radius 1 is 0.694 bits per heavy atom. The summed E-state index contributed by atoms with van der Waals surface area (Å²) in [5, 5.41) is 8.43. The van der Waals surface area contributed by atoms with Crippen LogP contribution in [0.2, 0.25) is 0 Å². The number of imide groups is 1. The Kier molecular flexibility index (Phi) is 16.2. The summed E-state index contributed by atoms with van der Waals surface area (Å²) in [7, 11) is 0. The molecule has 3 N–H and O–H groups in total. The third-order valence-corrected chi connectivity index (χ3v) is 9.86. The smallest absolute Gasteiger partial charge is 0.233 e. The predicted octanol–water partition coefficient (Wildman–Crippen LogP) is 3.71. The first kappa shape index (κ1) is 38.2. The lowest BCUT2D eigenvalue weighted by Gasteiger charge is -2.20. The highest BCUT2D eigenvalue weighted by atomic mass is 16.5. The maximum absolute atomic E-state index is 12.7. The van der Waals surface area contributed by atoms with Crippen LogP contribution in [0.5, 0.6) is 0 Å². The Bertz CT molecular complexity index is 1260. The molecule has 1 unspecified atom stereocenters. The molecule has 1 aliphatic heterocycles. The van der Waals surface area contributed by atoms with E-state index in [1.165, 1.54) is 11.3 Å². The van der Waals surface area contributed by atoms with E-state index in [2.05, 4.69) is 16.0 Å². The Morgan fingerprint density at radius 3 is 2.08 bits per heavy atom. The van der Waals surface area contributed by atoms with E-state index in [0.717, 1.165) is 56.9 Å². The lowest BCUT2D eigenvalue weighted by atomic mass is 9.85. The number of hydrogen-bond acceptors (Lipinski definition) is 8. The zero-order valence-corrected chi connectivity index (χ0v) is 28.8. The molecule has 0 aromatic heterocycles. The van der Waals surface area contributed by atoms with Crippen molar-refractivity contribution >= 4 is 41.0 Å². The van der Waals surface area contributed by atoms with Gasteiger partial charge in [0, 0.05) is 56.9 Å². The quantitative estimate of drug-likeness (QED) is 0.131. The maximum Gasteiger partial charge on any atom is 0.233 e. The Morgan fingerprint density at radius 2 is 1.35 bits per heavy atom. The fraction of sp³-hybridized carbons (Fsp3) is 0.676. The van der Waals surface area contributed by atoms with E-state index in [4.69, 9.17) is 9.47 Å². The average molecular weight is 683 g/mol. The van der Waals surface area contributed by atoms with Gasteiger partial charge in [-0.3, -0.25) is 33.7 Å². The molecular weight excluding hydrogens is 628 g/mol.